The number of carbonyl (C=O) groups is 3. The standard InChI is InChI=1S/C28H37F3N3O6P/c1-18(2)13-21(25(35)34-24(26(36)32-3)15-19-9-11-23(39-4)12-10-19)17-41(38,40-5)16-20-7-6-8-22(14-20)33-27(37)28(29,30)31/h6-12,14,18,21,24H,13,15-17H2,1-5H3,(H,32,36)(H,33,37)(H,34,35). The van der Waals surface area contributed by atoms with Crippen molar-refractivity contribution in [2.75, 3.05) is 32.7 Å². The van der Waals surface area contributed by atoms with Crippen LogP contribution in [0.3, 0.4) is 0 Å². The summed E-state index contributed by atoms with van der Waals surface area (Å²) in [6.45, 7) is 3.80. The van der Waals surface area contributed by atoms with Crippen LogP contribution in [0.2, 0.25) is 0 Å². The Kier molecular flexibility index (Phi) is 12.4. The second-order valence-electron chi connectivity index (χ2n) is 10.0. The Morgan fingerprint density at radius 2 is 1.63 bits per heavy atom. The largest absolute Gasteiger partial charge is 0.497 e. The lowest BCUT2D eigenvalue weighted by atomic mass is 9.97. The van der Waals surface area contributed by atoms with Crippen molar-refractivity contribution in [1.29, 1.82) is 0 Å². The molecular formula is C28H37F3N3O6P. The van der Waals surface area contributed by atoms with Gasteiger partial charge in [0.25, 0.3) is 0 Å². The number of nitrogens with one attached hydrogen (secondary N) is 3. The fourth-order valence-electron chi connectivity index (χ4n) is 4.27. The summed E-state index contributed by atoms with van der Waals surface area (Å²) in [7, 11) is 0.717. The number of amides is 3. The molecule has 0 aliphatic carbocycles. The van der Waals surface area contributed by atoms with E-state index in [4.69, 9.17) is 9.26 Å². The van der Waals surface area contributed by atoms with Gasteiger partial charge in [0.05, 0.1) is 7.11 Å². The Hall–Kier alpha value is -3.37. The highest BCUT2D eigenvalue weighted by molar-refractivity contribution is 7.58. The molecule has 0 aliphatic heterocycles. The van der Waals surface area contributed by atoms with E-state index in [0.29, 0.717) is 17.7 Å². The number of methoxy groups -OCH3 is 1. The Morgan fingerprint density at radius 1 is 0.976 bits per heavy atom. The lowest BCUT2D eigenvalue weighted by Gasteiger charge is -2.26. The van der Waals surface area contributed by atoms with Crippen LogP contribution in [-0.4, -0.2) is 57.4 Å². The maximum absolute atomic E-state index is 13.8. The smallest absolute Gasteiger partial charge is 0.471 e. The predicted octanol–water partition coefficient (Wildman–Crippen LogP) is 4.76. The van der Waals surface area contributed by atoms with Gasteiger partial charge in [0.1, 0.15) is 11.8 Å². The van der Waals surface area contributed by atoms with Crippen LogP contribution in [0.1, 0.15) is 31.4 Å². The predicted molar refractivity (Wildman–Crippen MR) is 150 cm³/mol. The monoisotopic (exact) mass is 599 g/mol. The number of hydrogen-bond donors (Lipinski definition) is 3. The van der Waals surface area contributed by atoms with Gasteiger partial charge >= 0.3 is 12.1 Å². The minimum absolute atomic E-state index is 0.0389. The number of carbonyl (C=O) groups excluding carboxylic acids is 3. The molecular weight excluding hydrogens is 562 g/mol. The third-order valence-corrected chi connectivity index (χ3v) is 8.81. The number of hydrogen-bond acceptors (Lipinski definition) is 6. The lowest BCUT2D eigenvalue weighted by Crippen LogP contribution is -2.49. The molecule has 3 unspecified atom stereocenters. The minimum Gasteiger partial charge on any atom is -0.497 e. The van der Waals surface area contributed by atoms with Crippen molar-refractivity contribution in [2.24, 2.45) is 11.8 Å². The van der Waals surface area contributed by atoms with Crippen LogP contribution in [-0.2, 0) is 36.1 Å². The molecule has 2 aromatic rings. The van der Waals surface area contributed by atoms with Gasteiger partial charge in [-0.3, -0.25) is 18.9 Å². The van der Waals surface area contributed by atoms with E-state index in [1.165, 1.54) is 32.4 Å². The van der Waals surface area contributed by atoms with Gasteiger partial charge in [-0.2, -0.15) is 13.2 Å². The SMILES string of the molecule is CNC(=O)C(Cc1ccc(OC)cc1)NC(=O)C(CC(C)C)CP(=O)(Cc1cccc(NC(=O)C(F)(F)F)c1)OC. The van der Waals surface area contributed by atoms with Gasteiger partial charge < -0.3 is 25.2 Å². The topological polar surface area (TPSA) is 123 Å². The maximum atomic E-state index is 13.8. The van der Waals surface area contributed by atoms with Gasteiger partial charge in [0.2, 0.25) is 19.2 Å². The number of likely N-dealkylation sites (N-methyl/N-ethyl adjacent to an activating group) is 1. The van der Waals surface area contributed by atoms with E-state index in [2.05, 4.69) is 10.6 Å². The molecule has 3 N–H and O–H groups in total. The third-order valence-electron chi connectivity index (χ3n) is 6.30. The number of anilines is 1. The van der Waals surface area contributed by atoms with Gasteiger partial charge in [-0.15, -0.1) is 0 Å². The van der Waals surface area contributed by atoms with Gasteiger partial charge in [-0.05, 0) is 47.7 Å². The van der Waals surface area contributed by atoms with Crippen LogP contribution in [0.5, 0.6) is 5.75 Å². The van der Waals surface area contributed by atoms with E-state index in [0.717, 1.165) is 5.56 Å². The van der Waals surface area contributed by atoms with Crippen molar-refractivity contribution in [2.45, 2.75) is 45.1 Å². The first-order valence-electron chi connectivity index (χ1n) is 13.0. The first-order chi connectivity index (χ1) is 19.2. The van der Waals surface area contributed by atoms with Crippen molar-refractivity contribution < 1.29 is 41.4 Å². The highest BCUT2D eigenvalue weighted by Crippen LogP contribution is 2.52. The number of benzene rings is 2. The molecule has 0 saturated carbocycles. The van der Waals surface area contributed by atoms with Crippen LogP contribution in [0.15, 0.2) is 48.5 Å². The molecule has 2 rings (SSSR count). The molecule has 3 atom stereocenters. The molecule has 0 spiro atoms. The summed E-state index contributed by atoms with van der Waals surface area (Å²) in [6.07, 6.45) is -4.83. The van der Waals surface area contributed by atoms with E-state index in [9.17, 15) is 32.1 Å². The Morgan fingerprint density at radius 3 is 2.17 bits per heavy atom. The van der Waals surface area contributed by atoms with Crippen LogP contribution in [0.25, 0.3) is 0 Å². The highest BCUT2D eigenvalue weighted by atomic mass is 31.2. The molecule has 2 aromatic carbocycles. The number of halogens is 3. The van der Waals surface area contributed by atoms with Gasteiger partial charge in [0.15, 0.2) is 0 Å². The molecule has 226 valence electrons. The summed E-state index contributed by atoms with van der Waals surface area (Å²) in [4.78, 5) is 37.4. The molecule has 9 nitrogen and oxygen atoms in total. The normalized spacial score (nSPS) is 14.5. The van der Waals surface area contributed by atoms with Gasteiger partial charge in [-0.1, -0.05) is 38.1 Å². The second-order valence-corrected chi connectivity index (χ2v) is 12.7. The van der Waals surface area contributed by atoms with Gasteiger partial charge in [0, 0.05) is 44.5 Å². The molecule has 13 heteroatoms. The number of rotatable bonds is 14. The molecule has 0 radical (unpaired) electrons. The van der Waals surface area contributed by atoms with E-state index in [1.54, 1.807) is 42.8 Å². The number of alkyl halides is 3. The van der Waals surface area contributed by atoms with Crippen LogP contribution in [0.4, 0.5) is 18.9 Å². The summed E-state index contributed by atoms with van der Waals surface area (Å²) in [6, 6.07) is 11.7. The van der Waals surface area contributed by atoms with Crippen molar-refractivity contribution in [3.05, 3.63) is 59.7 Å². The first-order valence-corrected chi connectivity index (χ1v) is 14.9. The zero-order valence-electron chi connectivity index (χ0n) is 23.7. The Balaban J connectivity index is 2.23. The second kappa shape index (κ2) is 15.0. The zero-order chi connectivity index (χ0) is 30.8. The van der Waals surface area contributed by atoms with Crippen LogP contribution in [0, 0.1) is 11.8 Å². The van der Waals surface area contributed by atoms with Crippen molar-refractivity contribution in [3.63, 3.8) is 0 Å². The number of ether oxygens (including phenoxy) is 1. The Bertz CT molecular complexity index is 1240. The molecule has 41 heavy (non-hydrogen) atoms. The van der Waals surface area contributed by atoms with Crippen LogP contribution < -0.4 is 20.7 Å². The van der Waals surface area contributed by atoms with Crippen LogP contribution >= 0.6 is 7.37 Å². The van der Waals surface area contributed by atoms with Gasteiger partial charge in [-0.25, -0.2) is 0 Å². The summed E-state index contributed by atoms with van der Waals surface area (Å²) < 4.78 is 62.3. The molecule has 0 aliphatic rings. The van der Waals surface area contributed by atoms with E-state index in [-0.39, 0.29) is 30.3 Å². The maximum Gasteiger partial charge on any atom is 0.471 e. The molecule has 0 aromatic heterocycles. The molecule has 0 heterocycles. The lowest BCUT2D eigenvalue weighted by molar-refractivity contribution is -0.167. The van der Waals surface area contributed by atoms with E-state index >= 15 is 0 Å². The summed E-state index contributed by atoms with van der Waals surface area (Å²) in [5, 5.41) is 7.12. The van der Waals surface area contributed by atoms with E-state index in [1.807, 2.05) is 13.8 Å². The quantitative estimate of drug-likeness (QED) is 0.269. The first kappa shape index (κ1) is 33.8. The molecule has 3 amide bonds. The van der Waals surface area contributed by atoms with Crippen molar-refractivity contribution in [1.82, 2.24) is 10.6 Å². The molecule has 0 saturated heterocycles. The zero-order valence-corrected chi connectivity index (χ0v) is 24.6. The third kappa shape index (κ3) is 10.8. The fraction of sp³-hybridized carbons (Fsp3) is 0.464. The molecule has 0 fully saturated rings. The summed E-state index contributed by atoms with van der Waals surface area (Å²) in [5.41, 5.74) is 1.04. The average Bonchev–Trinajstić information content (AvgIpc) is 2.91. The average molecular weight is 600 g/mol. The highest BCUT2D eigenvalue weighted by Gasteiger charge is 2.39. The fourth-order valence-corrected chi connectivity index (χ4v) is 6.42. The summed E-state index contributed by atoms with van der Waals surface area (Å²) >= 11 is 0. The Labute approximate surface area is 238 Å². The van der Waals surface area contributed by atoms with Crippen molar-refractivity contribution >= 4 is 30.8 Å². The summed E-state index contributed by atoms with van der Waals surface area (Å²) in [5.74, 6) is -3.09. The molecule has 0 bridgehead atoms. The van der Waals surface area contributed by atoms with Crippen molar-refractivity contribution in [3.8, 4) is 5.75 Å². The minimum atomic E-state index is -5.06. The van der Waals surface area contributed by atoms with E-state index < -0.39 is 43.2 Å².